The molecule has 0 radical (unpaired) electrons. The van der Waals surface area contributed by atoms with Crippen molar-refractivity contribution in [1.29, 1.82) is 0 Å². The van der Waals surface area contributed by atoms with Gasteiger partial charge in [0.25, 0.3) is 5.91 Å². The molecule has 8 nitrogen and oxygen atoms in total. The van der Waals surface area contributed by atoms with Crippen molar-refractivity contribution in [1.82, 2.24) is 29.5 Å². The number of halogens is 2. The lowest BCUT2D eigenvalue weighted by atomic mass is 10.0. The van der Waals surface area contributed by atoms with E-state index in [-0.39, 0.29) is 11.9 Å². The normalized spacial score (nSPS) is 11.2. The van der Waals surface area contributed by atoms with Crippen LogP contribution in [-0.2, 0) is 13.6 Å². The van der Waals surface area contributed by atoms with Crippen LogP contribution >= 0.6 is 23.2 Å². The number of nitrogens with one attached hydrogen (secondary N) is 1. The van der Waals surface area contributed by atoms with Crippen molar-refractivity contribution in [3.8, 4) is 11.3 Å². The van der Waals surface area contributed by atoms with Gasteiger partial charge in [0, 0.05) is 34.2 Å². The molecule has 5 aromatic rings. The van der Waals surface area contributed by atoms with Crippen molar-refractivity contribution in [2.45, 2.75) is 13.5 Å². The second-order valence-electron chi connectivity index (χ2n) is 7.83. The number of aryl methyl sites for hydroxylation is 2. The fraction of sp³-hybridized carbons (Fsp3) is 0.125. The number of fused-ring (bicyclic) bond motifs is 1. The molecule has 0 saturated heterocycles. The van der Waals surface area contributed by atoms with Gasteiger partial charge >= 0.3 is 0 Å². The minimum atomic E-state index is -0.330. The Morgan fingerprint density at radius 1 is 1.09 bits per heavy atom. The zero-order valence-corrected chi connectivity index (χ0v) is 19.8. The second kappa shape index (κ2) is 8.89. The molecular weight excluding hydrogens is 473 g/mol. The summed E-state index contributed by atoms with van der Waals surface area (Å²) in [5.74, 6) is -0.140. The van der Waals surface area contributed by atoms with Crippen LogP contribution < -0.4 is 5.32 Å². The molecule has 170 valence electrons. The summed E-state index contributed by atoms with van der Waals surface area (Å²) in [5.41, 5.74) is 4.39. The average molecular weight is 492 g/mol. The van der Waals surface area contributed by atoms with Crippen LogP contribution in [0.15, 0.2) is 61.1 Å². The maximum Gasteiger partial charge on any atom is 0.258 e. The topological polar surface area (TPSA) is 90.5 Å². The molecule has 34 heavy (non-hydrogen) atoms. The van der Waals surface area contributed by atoms with Crippen molar-refractivity contribution < 1.29 is 4.79 Å². The Kier molecular flexibility index (Phi) is 5.77. The van der Waals surface area contributed by atoms with Crippen LogP contribution in [0.25, 0.3) is 22.2 Å². The van der Waals surface area contributed by atoms with Gasteiger partial charge in [-0.3, -0.25) is 14.8 Å². The average Bonchev–Trinajstić information content (AvgIpc) is 3.39. The molecule has 0 spiro atoms. The molecular formula is C24H19Cl2N7O. The van der Waals surface area contributed by atoms with Crippen LogP contribution in [0.4, 0.5) is 5.95 Å². The Hall–Kier alpha value is -3.75. The quantitative estimate of drug-likeness (QED) is 0.367. The van der Waals surface area contributed by atoms with Gasteiger partial charge in [0.1, 0.15) is 6.33 Å². The molecule has 3 aromatic heterocycles. The highest BCUT2D eigenvalue weighted by atomic mass is 35.5. The van der Waals surface area contributed by atoms with E-state index in [2.05, 4.69) is 20.5 Å². The van der Waals surface area contributed by atoms with E-state index < -0.39 is 0 Å². The van der Waals surface area contributed by atoms with E-state index in [0.29, 0.717) is 33.4 Å². The standard InChI is InChI=1S/C24H19Cl2N7O/c1-14-19(12-32(2)30-14)22-10-18(17-5-3-4-6-21(17)28-22)23(34)29-24-27-13-33(31-24)11-15-7-8-16(25)9-20(15)26/h3-10,12-13H,11H2,1-2H3,(H,29,31,34). The molecule has 0 unspecified atom stereocenters. The van der Waals surface area contributed by atoms with Crippen LogP contribution in [0.3, 0.4) is 0 Å². The maximum absolute atomic E-state index is 13.3. The molecule has 0 saturated carbocycles. The number of carbonyl (C=O) groups excluding carboxylic acids is 1. The number of amides is 1. The Labute approximate surface area is 205 Å². The molecule has 10 heteroatoms. The third kappa shape index (κ3) is 4.37. The summed E-state index contributed by atoms with van der Waals surface area (Å²) in [6.07, 6.45) is 3.43. The predicted octanol–water partition coefficient (Wildman–Crippen LogP) is 5.14. The van der Waals surface area contributed by atoms with E-state index in [1.165, 1.54) is 6.33 Å². The van der Waals surface area contributed by atoms with Crippen LogP contribution in [0.2, 0.25) is 10.0 Å². The molecule has 0 aliphatic heterocycles. The molecule has 1 N–H and O–H groups in total. The van der Waals surface area contributed by atoms with Gasteiger partial charge < -0.3 is 0 Å². The molecule has 0 atom stereocenters. The maximum atomic E-state index is 13.3. The highest BCUT2D eigenvalue weighted by Crippen LogP contribution is 2.27. The van der Waals surface area contributed by atoms with Crippen LogP contribution in [0.1, 0.15) is 21.6 Å². The third-order valence-corrected chi connectivity index (χ3v) is 5.95. The summed E-state index contributed by atoms with van der Waals surface area (Å²) in [4.78, 5) is 22.2. The molecule has 2 aromatic carbocycles. The monoisotopic (exact) mass is 491 g/mol. The van der Waals surface area contributed by atoms with Gasteiger partial charge in [0.05, 0.1) is 29.0 Å². The zero-order valence-electron chi connectivity index (χ0n) is 18.3. The van der Waals surface area contributed by atoms with Gasteiger partial charge in [-0.2, -0.15) is 5.10 Å². The van der Waals surface area contributed by atoms with Crippen molar-refractivity contribution in [2.24, 2.45) is 7.05 Å². The molecule has 1 amide bonds. The number of benzene rings is 2. The Morgan fingerprint density at radius 2 is 1.91 bits per heavy atom. The number of pyridine rings is 1. The van der Waals surface area contributed by atoms with Crippen LogP contribution in [0, 0.1) is 6.92 Å². The van der Waals surface area contributed by atoms with E-state index >= 15 is 0 Å². The third-order valence-electron chi connectivity index (χ3n) is 5.36. The summed E-state index contributed by atoms with van der Waals surface area (Å²) in [6, 6.07) is 14.5. The second-order valence-corrected chi connectivity index (χ2v) is 8.67. The van der Waals surface area contributed by atoms with Crippen molar-refractivity contribution in [3.05, 3.63) is 87.9 Å². The lowest BCUT2D eigenvalue weighted by molar-refractivity contribution is 0.102. The lowest BCUT2D eigenvalue weighted by Crippen LogP contribution is -2.14. The smallest absolute Gasteiger partial charge is 0.258 e. The van der Waals surface area contributed by atoms with E-state index in [9.17, 15) is 4.79 Å². The number of anilines is 1. The highest BCUT2D eigenvalue weighted by molar-refractivity contribution is 6.35. The minimum absolute atomic E-state index is 0.190. The van der Waals surface area contributed by atoms with Crippen molar-refractivity contribution in [2.75, 3.05) is 5.32 Å². The summed E-state index contributed by atoms with van der Waals surface area (Å²) >= 11 is 12.2. The highest BCUT2D eigenvalue weighted by Gasteiger charge is 2.17. The number of hydrogen-bond donors (Lipinski definition) is 1. The summed E-state index contributed by atoms with van der Waals surface area (Å²) in [5, 5.41) is 13.4. The first-order valence-corrected chi connectivity index (χ1v) is 11.2. The number of carbonyl (C=O) groups is 1. The van der Waals surface area contributed by atoms with E-state index in [1.807, 2.05) is 50.5 Å². The predicted molar refractivity (Wildman–Crippen MR) is 132 cm³/mol. The van der Waals surface area contributed by atoms with Gasteiger partial charge in [-0.15, -0.1) is 5.10 Å². The molecule has 0 aliphatic carbocycles. The van der Waals surface area contributed by atoms with Gasteiger partial charge in [-0.05, 0) is 36.8 Å². The van der Waals surface area contributed by atoms with Crippen molar-refractivity contribution >= 4 is 46.0 Å². The van der Waals surface area contributed by atoms with Gasteiger partial charge in [0.15, 0.2) is 0 Å². The number of aromatic nitrogens is 6. The lowest BCUT2D eigenvalue weighted by Gasteiger charge is -2.09. The molecule has 0 aliphatic rings. The SMILES string of the molecule is Cc1nn(C)cc1-c1cc(C(=O)Nc2ncn(Cc3ccc(Cl)cc3Cl)n2)c2ccccc2n1. The first-order valence-electron chi connectivity index (χ1n) is 10.4. The summed E-state index contributed by atoms with van der Waals surface area (Å²) < 4.78 is 3.32. The van der Waals surface area contributed by atoms with Gasteiger partial charge in [-0.25, -0.2) is 14.6 Å². The van der Waals surface area contributed by atoms with E-state index in [4.69, 9.17) is 28.2 Å². The first kappa shape index (κ1) is 22.1. The van der Waals surface area contributed by atoms with E-state index in [1.54, 1.807) is 27.6 Å². The summed E-state index contributed by atoms with van der Waals surface area (Å²) in [7, 11) is 1.85. The number of nitrogens with zero attached hydrogens (tertiary/aromatic N) is 6. The molecule has 3 heterocycles. The number of para-hydroxylation sites is 1. The van der Waals surface area contributed by atoms with Gasteiger partial charge in [-0.1, -0.05) is 47.5 Å². The first-order chi connectivity index (χ1) is 16.4. The van der Waals surface area contributed by atoms with Crippen LogP contribution in [-0.4, -0.2) is 35.4 Å². The molecule has 0 bridgehead atoms. The Bertz CT molecular complexity index is 1540. The van der Waals surface area contributed by atoms with Gasteiger partial charge in [0.2, 0.25) is 5.95 Å². The zero-order chi connectivity index (χ0) is 23.8. The van der Waals surface area contributed by atoms with Crippen LogP contribution in [0.5, 0.6) is 0 Å². The summed E-state index contributed by atoms with van der Waals surface area (Å²) in [6.45, 7) is 2.30. The fourth-order valence-corrected chi connectivity index (χ4v) is 4.24. The van der Waals surface area contributed by atoms with Crippen molar-refractivity contribution in [3.63, 3.8) is 0 Å². The largest absolute Gasteiger partial charge is 0.289 e. The molecule has 0 fully saturated rings. The number of rotatable bonds is 5. The Morgan fingerprint density at radius 3 is 2.68 bits per heavy atom. The molecule has 5 rings (SSSR count). The van der Waals surface area contributed by atoms with E-state index in [0.717, 1.165) is 22.2 Å². The number of hydrogen-bond acceptors (Lipinski definition) is 5. The minimum Gasteiger partial charge on any atom is -0.289 e. The Balaban J connectivity index is 1.44. The fourth-order valence-electron chi connectivity index (χ4n) is 3.77.